The minimum atomic E-state index is -2.97. The molecule has 0 aliphatic carbocycles. The molecule has 1 heterocycles. The molecule has 1 aliphatic heterocycles. The molecule has 1 amide bonds. The van der Waals surface area contributed by atoms with Crippen LogP contribution in [0.1, 0.15) is 12.0 Å². The van der Waals surface area contributed by atoms with Gasteiger partial charge in [0.05, 0.1) is 18.1 Å². The van der Waals surface area contributed by atoms with Crippen molar-refractivity contribution < 1.29 is 13.2 Å². The molecule has 0 aromatic heterocycles. The van der Waals surface area contributed by atoms with E-state index in [9.17, 15) is 13.2 Å². The molecule has 1 N–H and O–H groups in total. The second-order valence-corrected chi connectivity index (χ2v) is 8.71. The van der Waals surface area contributed by atoms with E-state index in [4.69, 9.17) is 0 Å². The van der Waals surface area contributed by atoms with Crippen LogP contribution in [0, 0.1) is 0 Å². The van der Waals surface area contributed by atoms with E-state index < -0.39 is 9.84 Å². The maximum absolute atomic E-state index is 12.1. The normalized spacial score (nSPS) is 19.7. The lowest BCUT2D eigenvalue weighted by molar-refractivity contribution is -0.122. The van der Waals surface area contributed by atoms with E-state index in [1.54, 1.807) is 0 Å². The summed E-state index contributed by atoms with van der Waals surface area (Å²) in [5.41, 5.74) is 1.17. The number of carbonyl (C=O) groups is 1. The van der Waals surface area contributed by atoms with Crippen molar-refractivity contribution in [1.82, 2.24) is 10.2 Å². The molecule has 1 saturated heterocycles. The van der Waals surface area contributed by atoms with Gasteiger partial charge in [0.2, 0.25) is 5.91 Å². The van der Waals surface area contributed by atoms with Crippen molar-refractivity contribution in [1.29, 1.82) is 0 Å². The van der Waals surface area contributed by atoms with Crippen LogP contribution in [-0.2, 0) is 21.2 Å². The van der Waals surface area contributed by atoms with Gasteiger partial charge in [-0.15, -0.1) is 0 Å². The Labute approximate surface area is 142 Å². The molecule has 0 bridgehead atoms. The Hall–Kier alpha value is -1.92. The van der Waals surface area contributed by atoms with Crippen molar-refractivity contribution in [3.8, 4) is 0 Å². The Balaban J connectivity index is 1.59. The molecule has 24 heavy (non-hydrogen) atoms. The first-order valence-corrected chi connectivity index (χ1v) is 9.90. The van der Waals surface area contributed by atoms with Gasteiger partial charge in [-0.1, -0.05) is 42.5 Å². The van der Waals surface area contributed by atoms with E-state index >= 15 is 0 Å². The number of rotatable bonds is 5. The fraction of sp³-hybridized carbons (Fsp3) is 0.389. The van der Waals surface area contributed by atoms with Crippen LogP contribution in [0.5, 0.6) is 0 Å². The molecule has 0 saturated carbocycles. The Morgan fingerprint density at radius 1 is 1.21 bits per heavy atom. The molecule has 0 radical (unpaired) electrons. The minimum Gasteiger partial charge on any atom is -0.351 e. The van der Waals surface area contributed by atoms with E-state index in [0.29, 0.717) is 13.0 Å². The summed E-state index contributed by atoms with van der Waals surface area (Å²) in [6.07, 6.45) is 0.515. The predicted molar refractivity (Wildman–Crippen MR) is 95.5 cm³/mol. The zero-order chi connectivity index (χ0) is 17.2. The lowest BCUT2D eigenvalue weighted by atomic mass is 10.0. The molecular weight excluding hydrogens is 324 g/mol. The topological polar surface area (TPSA) is 66.5 Å². The van der Waals surface area contributed by atoms with E-state index in [1.165, 1.54) is 16.3 Å². The van der Waals surface area contributed by atoms with Gasteiger partial charge in [0.25, 0.3) is 0 Å². The summed E-state index contributed by atoms with van der Waals surface area (Å²) in [5, 5.41) is 5.20. The summed E-state index contributed by atoms with van der Waals surface area (Å²) < 4.78 is 22.9. The molecular formula is C18H22N2O3S. The number of amides is 1. The Bertz CT molecular complexity index is 843. The van der Waals surface area contributed by atoms with Crippen molar-refractivity contribution in [2.75, 3.05) is 25.1 Å². The van der Waals surface area contributed by atoms with Gasteiger partial charge < -0.3 is 5.32 Å². The van der Waals surface area contributed by atoms with Crippen LogP contribution in [0.2, 0.25) is 0 Å². The molecule has 5 nitrogen and oxygen atoms in total. The Kier molecular flexibility index (Phi) is 4.87. The summed E-state index contributed by atoms with van der Waals surface area (Å²) in [7, 11) is -1.08. The first-order valence-electron chi connectivity index (χ1n) is 8.08. The van der Waals surface area contributed by atoms with Crippen LogP contribution in [0.15, 0.2) is 42.5 Å². The second kappa shape index (κ2) is 6.91. The third kappa shape index (κ3) is 4.13. The molecule has 1 fully saturated rings. The summed E-state index contributed by atoms with van der Waals surface area (Å²) in [6, 6.07) is 14.1. The number of fused-ring (bicyclic) bond motifs is 1. The maximum Gasteiger partial charge on any atom is 0.234 e. The molecule has 6 heteroatoms. The van der Waals surface area contributed by atoms with Crippen LogP contribution < -0.4 is 5.32 Å². The fourth-order valence-electron chi connectivity index (χ4n) is 3.20. The van der Waals surface area contributed by atoms with Crippen LogP contribution in [-0.4, -0.2) is 50.4 Å². The molecule has 0 spiro atoms. The number of carbonyl (C=O) groups excluding carboxylic acids is 1. The van der Waals surface area contributed by atoms with Crippen LogP contribution in [0.25, 0.3) is 10.8 Å². The summed E-state index contributed by atoms with van der Waals surface area (Å²) >= 11 is 0. The zero-order valence-electron chi connectivity index (χ0n) is 13.7. The van der Waals surface area contributed by atoms with E-state index in [-0.39, 0.29) is 30.0 Å². The summed E-state index contributed by atoms with van der Waals surface area (Å²) in [6.45, 7) is 0.914. The molecule has 3 rings (SSSR count). The number of hydrogen-bond donors (Lipinski definition) is 1. The second-order valence-electron chi connectivity index (χ2n) is 6.48. The SMILES string of the molecule is CN(CC(=O)NC1CCS(=O)(=O)C1)Cc1cccc2ccccc12. The molecule has 128 valence electrons. The van der Waals surface area contributed by atoms with Crippen molar-refractivity contribution >= 4 is 26.5 Å². The van der Waals surface area contributed by atoms with Crippen molar-refractivity contribution in [2.45, 2.75) is 19.0 Å². The van der Waals surface area contributed by atoms with E-state index in [0.717, 1.165) is 0 Å². The lowest BCUT2D eigenvalue weighted by Gasteiger charge is -2.19. The van der Waals surface area contributed by atoms with Gasteiger partial charge >= 0.3 is 0 Å². The number of sulfone groups is 1. The van der Waals surface area contributed by atoms with Gasteiger partial charge in [0.1, 0.15) is 0 Å². The van der Waals surface area contributed by atoms with E-state index in [1.807, 2.05) is 30.1 Å². The third-order valence-corrected chi connectivity index (χ3v) is 6.10. The van der Waals surface area contributed by atoms with Gasteiger partial charge in [-0.05, 0) is 29.8 Å². The first-order chi connectivity index (χ1) is 11.4. The number of hydrogen-bond acceptors (Lipinski definition) is 4. The van der Waals surface area contributed by atoms with Crippen LogP contribution in [0.3, 0.4) is 0 Å². The highest BCUT2D eigenvalue weighted by molar-refractivity contribution is 7.91. The standard InChI is InChI=1S/C18H22N2O3S/c1-20(12-18(21)19-16-9-10-24(22,23)13-16)11-15-7-4-6-14-5-2-3-8-17(14)15/h2-8,16H,9-13H2,1H3,(H,19,21). The molecule has 2 aromatic rings. The minimum absolute atomic E-state index is 0.0613. The Morgan fingerprint density at radius 2 is 1.96 bits per heavy atom. The highest BCUT2D eigenvalue weighted by atomic mass is 32.2. The van der Waals surface area contributed by atoms with Gasteiger partial charge in [0.15, 0.2) is 9.84 Å². The highest BCUT2D eigenvalue weighted by Crippen LogP contribution is 2.19. The Morgan fingerprint density at radius 3 is 2.71 bits per heavy atom. The quantitative estimate of drug-likeness (QED) is 0.893. The smallest absolute Gasteiger partial charge is 0.234 e. The largest absolute Gasteiger partial charge is 0.351 e. The third-order valence-electron chi connectivity index (χ3n) is 4.33. The van der Waals surface area contributed by atoms with Crippen molar-refractivity contribution in [3.63, 3.8) is 0 Å². The summed E-state index contributed by atoms with van der Waals surface area (Å²) in [4.78, 5) is 14.1. The average molecular weight is 346 g/mol. The molecule has 1 unspecified atom stereocenters. The maximum atomic E-state index is 12.1. The zero-order valence-corrected chi connectivity index (χ0v) is 14.6. The highest BCUT2D eigenvalue weighted by Gasteiger charge is 2.28. The van der Waals surface area contributed by atoms with Crippen LogP contribution in [0.4, 0.5) is 0 Å². The predicted octanol–water partition coefficient (Wildman–Crippen LogP) is 1.57. The lowest BCUT2D eigenvalue weighted by Crippen LogP contribution is -2.41. The van der Waals surface area contributed by atoms with Gasteiger partial charge in [-0.2, -0.15) is 0 Å². The number of nitrogens with one attached hydrogen (secondary N) is 1. The number of nitrogens with zero attached hydrogens (tertiary/aromatic N) is 1. The molecule has 1 aliphatic rings. The summed E-state index contributed by atoms with van der Waals surface area (Å²) in [5.74, 6) is 0.107. The van der Waals surface area contributed by atoms with Gasteiger partial charge in [-0.3, -0.25) is 9.69 Å². The monoisotopic (exact) mass is 346 g/mol. The number of likely N-dealkylation sites (N-methyl/N-ethyl adjacent to an activating group) is 1. The van der Waals surface area contributed by atoms with Crippen LogP contribution >= 0.6 is 0 Å². The first kappa shape index (κ1) is 16.9. The number of benzene rings is 2. The van der Waals surface area contributed by atoms with Crippen molar-refractivity contribution in [3.05, 3.63) is 48.0 Å². The molecule has 1 atom stereocenters. The van der Waals surface area contributed by atoms with Gasteiger partial charge in [0, 0.05) is 12.6 Å². The average Bonchev–Trinajstić information content (AvgIpc) is 2.86. The fourth-order valence-corrected chi connectivity index (χ4v) is 4.88. The van der Waals surface area contributed by atoms with E-state index in [2.05, 4.69) is 29.6 Å². The van der Waals surface area contributed by atoms with Gasteiger partial charge in [-0.25, -0.2) is 8.42 Å². The molecule has 2 aromatic carbocycles. The van der Waals surface area contributed by atoms with Crippen molar-refractivity contribution in [2.24, 2.45) is 0 Å².